The number of nitrogens with one attached hydrogen (secondary N) is 1. The Kier molecular flexibility index (Phi) is 5.56. The van der Waals surface area contributed by atoms with E-state index in [0.717, 1.165) is 36.8 Å². The van der Waals surface area contributed by atoms with Crippen molar-refractivity contribution in [1.29, 1.82) is 0 Å². The summed E-state index contributed by atoms with van der Waals surface area (Å²) in [7, 11) is 5.26. The molecule has 7 nitrogen and oxygen atoms in total. The number of benzene rings is 1. The van der Waals surface area contributed by atoms with Crippen LogP contribution in [0.1, 0.15) is 12.2 Å². The molecule has 1 aliphatic heterocycles. The predicted octanol–water partition coefficient (Wildman–Crippen LogP) is 2.50. The van der Waals surface area contributed by atoms with E-state index in [9.17, 15) is 4.79 Å². The second-order valence-corrected chi connectivity index (χ2v) is 6.85. The minimum absolute atomic E-state index is 0.0971. The number of rotatable bonds is 5. The molecule has 0 radical (unpaired) electrons. The maximum atomic E-state index is 12.5. The van der Waals surface area contributed by atoms with Gasteiger partial charge in [-0.3, -0.25) is 0 Å². The number of nitrogens with zero attached hydrogens (tertiary/aromatic N) is 4. The van der Waals surface area contributed by atoms with Crippen LogP contribution in [-0.2, 0) is 13.6 Å². The van der Waals surface area contributed by atoms with E-state index in [2.05, 4.69) is 15.2 Å². The second-order valence-electron chi connectivity index (χ2n) is 6.47. The molecule has 1 saturated heterocycles. The fourth-order valence-corrected chi connectivity index (χ4v) is 3.27. The zero-order chi connectivity index (χ0) is 18.7. The summed E-state index contributed by atoms with van der Waals surface area (Å²) in [6, 6.07) is 7.93. The minimum atomic E-state index is -0.115. The first-order chi connectivity index (χ1) is 12.5. The van der Waals surface area contributed by atoms with Crippen LogP contribution in [0.15, 0.2) is 30.5 Å². The van der Waals surface area contributed by atoms with Crippen LogP contribution in [0.3, 0.4) is 0 Å². The van der Waals surface area contributed by atoms with Gasteiger partial charge in [0.05, 0.1) is 25.5 Å². The lowest BCUT2D eigenvalue weighted by molar-refractivity contribution is 0.202. The molecule has 1 aromatic carbocycles. The topological polar surface area (TPSA) is 62.6 Å². The van der Waals surface area contributed by atoms with Crippen molar-refractivity contribution in [3.63, 3.8) is 0 Å². The van der Waals surface area contributed by atoms with Crippen molar-refractivity contribution in [3.8, 4) is 5.75 Å². The highest BCUT2D eigenvalue weighted by Crippen LogP contribution is 2.30. The summed E-state index contributed by atoms with van der Waals surface area (Å²) in [5.41, 5.74) is 1.06. The first-order valence-corrected chi connectivity index (χ1v) is 8.93. The second kappa shape index (κ2) is 7.86. The van der Waals surface area contributed by atoms with Gasteiger partial charge in [0.15, 0.2) is 0 Å². The summed E-state index contributed by atoms with van der Waals surface area (Å²) < 4.78 is 7.20. The Morgan fingerprint density at radius 3 is 2.92 bits per heavy atom. The van der Waals surface area contributed by atoms with Crippen molar-refractivity contribution in [2.45, 2.75) is 19.0 Å². The highest BCUT2D eigenvalue weighted by atomic mass is 35.5. The van der Waals surface area contributed by atoms with Gasteiger partial charge in [-0.25, -0.2) is 9.78 Å². The molecule has 0 aliphatic carbocycles. The van der Waals surface area contributed by atoms with Gasteiger partial charge in [-0.05, 0) is 18.6 Å². The zero-order valence-electron chi connectivity index (χ0n) is 15.3. The summed E-state index contributed by atoms with van der Waals surface area (Å²) in [5.74, 6) is 1.60. The lowest BCUT2D eigenvalue weighted by Gasteiger charge is -2.23. The minimum Gasteiger partial charge on any atom is -0.495 e. The van der Waals surface area contributed by atoms with Crippen LogP contribution in [0.5, 0.6) is 5.75 Å². The van der Waals surface area contributed by atoms with E-state index in [0.29, 0.717) is 11.7 Å². The molecule has 1 N–H and O–H groups in total. The molecule has 1 aliphatic rings. The quantitative estimate of drug-likeness (QED) is 0.869. The fraction of sp³-hybridized carbons (Fsp3) is 0.444. The number of carbonyl (C=O) groups is 1. The normalized spacial score (nSPS) is 16.6. The molecule has 2 aromatic rings. The molecular weight excluding hydrogens is 354 g/mol. The summed E-state index contributed by atoms with van der Waals surface area (Å²) in [6.07, 6.45) is 2.48. The van der Waals surface area contributed by atoms with E-state index >= 15 is 0 Å². The van der Waals surface area contributed by atoms with Crippen molar-refractivity contribution in [3.05, 3.63) is 41.4 Å². The summed E-state index contributed by atoms with van der Waals surface area (Å²) >= 11 is 5.99. The van der Waals surface area contributed by atoms with Gasteiger partial charge in [0.2, 0.25) is 0 Å². The van der Waals surface area contributed by atoms with Crippen LogP contribution in [0.25, 0.3) is 0 Å². The molecule has 2 amide bonds. The van der Waals surface area contributed by atoms with Gasteiger partial charge >= 0.3 is 6.03 Å². The first kappa shape index (κ1) is 18.4. The van der Waals surface area contributed by atoms with Crippen molar-refractivity contribution in [1.82, 2.24) is 19.8 Å². The number of urea groups is 1. The fourth-order valence-electron chi connectivity index (χ4n) is 3.13. The SMILES string of the molecule is COc1ccccc1N1CCC(NC(=O)N(C)Cc2ncc(Cl)n2C)C1. The molecule has 0 spiro atoms. The molecule has 1 aromatic heterocycles. The number of para-hydroxylation sites is 2. The predicted molar refractivity (Wildman–Crippen MR) is 102 cm³/mol. The maximum absolute atomic E-state index is 12.5. The van der Waals surface area contributed by atoms with Crippen molar-refractivity contribution in [2.24, 2.45) is 7.05 Å². The number of anilines is 1. The highest BCUT2D eigenvalue weighted by Gasteiger charge is 2.26. The smallest absolute Gasteiger partial charge is 0.317 e. The number of ether oxygens (including phenoxy) is 1. The largest absolute Gasteiger partial charge is 0.495 e. The lowest BCUT2D eigenvalue weighted by atomic mass is 10.2. The summed E-state index contributed by atoms with van der Waals surface area (Å²) in [4.78, 5) is 20.6. The van der Waals surface area contributed by atoms with Crippen LogP contribution >= 0.6 is 11.6 Å². The van der Waals surface area contributed by atoms with E-state index in [1.807, 2.05) is 31.3 Å². The number of halogens is 1. The van der Waals surface area contributed by atoms with E-state index in [-0.39, 0.29) is 12.1 Å². The van der Waals surface area contributed by atoms with Crippen molar-refractivity contribution in [2.75, 3.05) is 32.1 Å². The van der Waals surface area contributed by atoms with E-state index in [4.69, 9.17) is 16.3 Å². The van der Waals surface area contributed by atoms with Crippen LogP contribution in [-0.4, -0.2) is 53.8 Å². The third kappa shape index (κ3) is 3.88. The van der Waals surface area contributed by atoms with E-state index in [1.54, 1.807) is 29.8 Å². The standard InChI is InChI=1S/C18H24ClN5O2/c1-22(12-17-20-10-16(19)23(17)2)18(25)21-13-8-9-24(11-13)14-6-4-5-7-15(14)26-3/h4-7,10,13H,8-9,11-12H2,1-3H3,(H,21,25). The molecule has 0 saturated carbocycles. The highest BCUT2D eigenvalue weighted by molar-refractivity contribution is 6.29. The number of imidazole rings is 1. The number of hydrogen-bond donors (Lipinski definition) is 1. The van der Waals surface area contributed by atoms with Crippen LogP contribution < -0.4 is 15.0 Å². The number of carbonyl (C=O) groups excluding carboxylic acids is 1. The van der Waals surface area contributed by atoms with Gasteiger partial charge in [-0.2, -0.15) is 0 Å². The van der Waals surface area contributed by atoms with Crippen LogP contribution in [0, 0.1) is 0 Å². The molecule has 1 atom stereocenters. The van der Waals surface area contributed by atoms with Crippen molar-refractivity contribution < 1.29 is 9.53 Å². The van der Waals surface area contributed by atoms with Gasteiger partial charge in [0.25, 0.3) is 0 Å². The third-order valence-corrected chi connectivity index (χ3v) is 5.05. The van der Waals surface area contributed by atoms with E-state index < -0.39 is 0 Å². The average molecular weight is 378 g/mol. The van der Waals surface area contributed by atoms with Gasteiger partial charge in [-0.15, -0.1) is 0 Å². The Labute approximate surface area is 158 Å². The van der Waals surface area contributed by atoms with Gasteiger partial charge in [-0.1, -0.05) is 23.7 Å². The van der Waals surface area contributed by atoms with Crippen LogP contribution in [0.2, 0.25) is 5.15 Å². The van der Waals surface area contributed by atoms with Crippen molar-refractivity contribution >= 4 is 23.3 Å². The molecule has 2 heterocycles. The molecule has 8 heteroatoms. The zero-order valence-corrected chi connectivity index (χ0v) is 16.0. The van der Waals surface area contributed by atoms with E-state index in [1.165, 1.54) is 0 Å². The third-order valence-electron chi connectivity index (χ3n) is 4.69. The maximum Gasteiger partial charge on any atom is 0.317 e. The number of hydrogen-bond acceptors (Lipinski definition) is 4. The van der Waals surface area contributed by atoms with Gasteiger partial charge in [0, 0.05) is 33.2 Å². The molecule has 140 valence electrons. The Morgan fingerprint density at radius 2 is 2.23 bits per heavy atom. The monoisotopic (exact) mass is 377 g/mol. The van der Waals surface area contributed by atoms with Crippen LogP contribution in [0.4, 0.5) is 10.5 Å². The number of aromatic nitrogens is 2. The Balaban J connectivity index is 1.56. The van der Waals surface area contributed by atoms with Gasteiger partial charge < -0.3 is 24.4 Å². The van der Waals surface area contributed by atoms with Gasteiger partial charge in [0.1, 0.15) is 16.7 Å². The average Bonchev–Trinajstić information content (AvgIpc) is 3.23. The molecular formula is C18H24ClN5O2. The first-order valence-electron chi connectivity index (χ1n) is 8.55. The molecule has 3 rings (SSSR count). The summed E-state index contributed by atoms with van der Waals surface area (Å²) in [5, 5.41) is 3.65. The molecule has 1 unspecified atom stereocenters. The number of methoxy groups -OCH3 is 1. The Morgan fingerprint density at radius 1 is 1.46 bits per heavy atom. The summed E-state index contributed by atoms with van der Waals surface area (Å²) in [6.45, 7) is 2.04. The Bertz CT molecular complexity index is 779. The Hall–Kier alpha value is -2.41. The molecule has 26 heavy (non-hydrogen) atoms. The number of amides is 2. The lowest BCUT2D eigenvalue weighted by Crippen LogP contribution is -2.44. The molecule has 1 fully saturated rings. The molecule has 0 bridgehead atoms.